The van der Waals surface area contributed by atoms with E-state index in [1.54, 1.807) is 4.90 Å². The molecule has 7 heteroatoms. The number of amides is 2. The highest BCUT2D eigenvalue weighted by Gasteiger charge is 2.30. The lowest BCUT2D eigenvalue weighted by molar-refractivity contribution is -0.147. The summed E-state index contributed by atoms with van der Waals surface area (Å²) in [4.78, 5) is 43.5. The molecular weight excluding hydrogens is 649 g/mol. The third-order valence-corrected chi connectivity index (χ3v) is 9.62. The summed E-state index contributed by atoms with van der Waals surface area (Å²) in [6.07, 6.45) is 4.53. The van der Waals surface area contributed by atoms with Crippen LogP contribution in [0.5, 0.6) is 5.75 Å². The van der Waals surface area contributed by atoms with Gasteiger partial charge in [-0.2, -0.15) is 0 Å². The first-order valence-corrected chi connectivity index (χ1v) is 18.4. The Balaban J connectivity index is 1.22. The van der Waals surface area contributed by atoms with Gasteiger partial charge in [-0.3, -0.25) is 4.79 Å². The molecule has 0 bridgehead atoms. The van der Waals surface area contributed by atoms with Crippen molar-refractivity contribution in [3.05, 3.63) is 149 Å². The first-order chi connectivity index (χ1) is 25.3. The van der Waals surface area contributed by atoms with Crippen LogP contribution in [0.1, 0.15) is 54.5 Å². The maximum atomic E-state index is 14.2. The molecule has 1 aliphatic carbocycles. The number of aryl methyl sites for hydroxylation is 3. The number of nitrogens with one attached hydrogen (secondary N) is 1. The van der Waals surface area contributed by atoms with Crippen LogP contribution in [0, 0.1) is 11.8 Å². The number of carbonyl (C=O) groups excluding carboxylic acids is 3. The predicted octanol–water partition coefficient (Wildman–Crippen LogP) is 8.51. The second kappa shape index (κ2) is 17.7. The zero-order valence-corrected chi connectivity index (χ0v) is 30.1. The van der Waals surface area contributed by atoms with Gasteiger partial charge in [-0.25, -0.2) is 9.59 Å². The van der Waals surface area contributed by atoms with E-state index in [4.69, 9.17) is 9.47 Å². The number of rotatable bonds is 15. The number of hydrogen-bond donors (Lipinski definition) is 1. The largest absolute Gasteiger partial charge is 0.459 e. The van der Waals surface area contributed by atoms with Crippen molar-refractivity contribution in [2.75, 3.05) is 13.1 Å². The second-order valence-corrected chi connectivity index (χ2v) is 14.2. The second-order valence-electron chi connectivity index (χ2n) is 14.2. The van der Waals surface area contributed by atoms with Gasteiger partial charge in [0.2, 0.25) is 0 Å². The van der Waals surface area contributed by atoms with Gasteiger partial charge in [-0.15, -0.1) is 0 Å². The monoisotopic (exact) mass is 696 g/mol. The van der Waals surface area contributed by atoms with Crippen LogP contribution in [0.4, 0.5) is 4.79 Å². The maximum Gasteiger partial charge on any atom is 0.329 e. The van der Waals surface area contributed by atoms with Crippen molar-refractivity contribution < 1.29 is 23.9 Å². The maximum absolute atomic E-state index is 14.2. The van der Waals surface area contributed by atoms with Crippen LogP contribution in [-0.4, -0.2) is 42.0 Å². The molecule has 0 aliphatic heterocycles. The molecule has 0 heterocycles. The minimum atomic E-state index is -0.951. The van der Waals surface area contributed by atoms with Crippen molar-refractivity contribution in [3.8, 4) is 5.75 Å². The minimum absolute atomic E-state index is 0.0928. The summed E-state index contributed by atoms with van der Waals surface area (Å²) < 4.78 is 11.8. The number of ether oxygens (including phenoxy) is 2. The van der Waals surface area contributed by atoms with Gasteiger partial charge in [0.05, 0.1) is 5.92 Å². The van der Waals surface area contributed by atoms with E-state index in [1.807, 2.05) is 129 Å². The zero-order chi connectivity index (χ0) is 36.3. The fourth-order valence-corrected chi connectivity index (χ4v) is 6.89. The Labute approximate surface area is 307 Å². The lowest BCUT2D eigenvalue weighted by Gasteiger charge is -2.30. The van der Waals surface area contributed by atoms with Crippen LogP contribution < -0.4 is 10.1 Å². The van der Waals surface area contributed by atoms with Gasteiger partial charge in [0.25, 0.3) is 0 Å². The van der Waals surface area contributed by atoms with Gasteiger partial charge in [0.1, 0.15) is 18.4 Å². The van der Waals surface area contributed by atoms with Crippen LogP contribution in [0.2, 0.25) is 0 Å². The standard InChI is InChI=1S/C45H48N2O5/c1-32(2)29-47(30-40(23-20-33-12-5-3-6-13-33)43(48)52-41-25-24-37-18-11-19-39(37)28-41)45(50)46-42(44(49)51-31-34-14-7-4-8-15-34)27-35-21-22-36-16-9-10-17-38(36)26-35/h3-10,12-17,21-22,24-26,28,32,40,42H,11,18-20,23,27,29-31H2,1-2H3,(H,46,50)/t40?,42-/m0/s1. The summed E-state index contributed by atoms with van der Waals surface area (Å²) in [6.45, 7) is 4.69. The van der Waals surface area contributed by atoms with E-state index < -0.39 is 24.0 Å². The Hall–Kier alpha value is -5.43. The van der Waals surface area contributed by atoms with E-state index in [1.165, 1.54) is 11.1 Å². The first-order valence-electron chi connectivity index (χ1n) is 18.4. The molecule has 0 spiro atoms. The summed E-state index contributed by atoms with van der Waals surface area (Å²) in [6, 6.07) is 38.1. The lowest BCUT2D eigenvalue weighted by Crippen LogP contribution is -2.52. The van der Waals surface area contributed by atoms with E-state index >= 15 is 0 Å². The van der Waals surface area contributed by atoms with E-state index in [9.17, 15) is 14.4 Å². The quantitative estimate of drug-likeness (QED) is 0.0877. The molecule has 1 N–H and O–H groups in total. The van der Waals surface area contributed by atoms with Gasteiger partial charge in [0, 0.05) is 19.5 Å². The molecule has 0 aromatic heterocycles. The molecule has 1 unspecified atom stereocenters. The number of hydrogen-bond acceptors (Lipinski definition) is 5. The molecule has 0 radical (unpaired) electrons. The summed E-state index contributed by atoms with van der Waals surface area (Å²) in [5, 5.41) is 5.15. The van der Waals surface area contributed by atoms with Gasteiger partial charge < -0.3 is 19.7 Å². The summed E-state index contributed by atoms with van der Waals surface area (Å²) in [7, 11) is 0. The molecular formula is C45H48N2O5. The fraction of sp³-hybridized carbons (Fsp3) is 0.311. The SMILES string of the molecule is CC(C)CN(CC(CCc1ccccc1)C(=O)Oc1ccc2c(c1)CCC2)C(=O)N[C@@H](Cc1ccc2ccccc2c1)C(=O)OCc1ccccc1. The van der Waals surface area contributed by atoms with Crippen molar-refractivity contribution >= 4 is 28.7 Å². The summed E-state index contributed by atoms with van der Waals surface area (Å²) in [5.41, 5.74) is 5.39. The smallest absolute Gasteiger partial charge is 0.329 e. The molecule has 6 rings (SSSR count). The Morgan fingerprint density at radius 3 is 2.13 bits per heavy atom. The molecule has 7 nitrogen and oxygen atoms in total. The number of carbonyl (C=O) groups is 3. The normalized spacial score (nSPS) is 13.3. The highest BCUT2D eigenvalue weighted by Crippen LogP contribution is 2.27. The molecule has 0 saturated carbocycles. The third-order valence-electron chi connectivity index (χ3n) is 9.62. The molecule has 1 aliphatic rings. The summed E-state index contributed by atoms with van der Waals surface area (Å²) >= 11 is 0. The fourth-order valence-electron chi connectivity index (χ4n) is 6.89. The topological polar surface area (TPSA) is 84.9 Å². The Kier molecular flexibility index (Phi) is 12.4. The molecule has 5 aromatic rings. The average Bonchev–Trinajstić information content (AvgIpc) is 3.63. The minimum Gasteiger partial charge on any atom is -0.459 e. The number of esters is 2. The highest BCUT2D eigenvalue weighted by molar-refractivity contribution is 5.86. The van der Waals surface area contributed by atoms with E-state index in [0.717, 1.165) is 46.7 Å². The van der Waals surface area contributed by atoms with Crippen LogP contribution in [0.15, 0.2) is 121 Å². The molecule has 0 saturated heterocycles. The Morgan fingerprint density at radius 2 is 1.38 bits per heavy atom. The van der Waals surface area contributed by atoms with Gasteiger partial charge in [0.15, 0.2) is 0 Å². The molecule has 2 atom stereocenters. The number of nitrogens with zero attached hydrogens (tertiary/aromatic N) is 1. The molecule has 52 heavy (non-hydrogen) atoms. The van der Waals surface area contributed by atoms with Crippen LogP contribution in [0.3, 0.4) is 0 Å². The van der Waals surface area contributed by atoms with Crippen LogP contribution in [-0.2, 0) is 46.6 Å². The lowest BCUT2D eigenvalue weighted by atomic mass is 9.98. The molecule has 2 amide bonds. The highest BCUT2D eigenvalue weighted by atomic mass is 16.5. The first kappa shape index (κ1) is 36.4. The number of benzene rings is 5. The van der Waals surface area contributed by atoms with Crippen molar-refractivity contribution in [1.82, 2.24) is 10.2 Å². The van der Waals surface area contributed by atoms with E-state index in [2.05, 4.69) is 11.4 Å². The molecule has 0 fully saturated rings. The van der Waals surface area contributed by atoms with Crippen molar-refractivity contribution in [1.29, 1.82) is 0 Å². The van der Waals surface area contributed by atoms with Crippen LogP contribution >= 0.6 is 0 Å². The average molecular weight is 697 g/mol. The molecule has 5 aromatic carbocycles. The summed E-state index contributed by atoms with van der Waals surface area (Å²) in [5.74, 6) is -0.845. The van der Waals surface area contributed by atoms with Gasteiger partial charge >= 0.3 is 18.0 Å². The zero-order valence-electron chi connectivity index (χ0n) is 30.1. The van der Waals surface area contributed by atoms with Gasteiger partial charge in [-0.1, -0.05) is 123 Å². The third kappa shape index (κ3) is 10.1. The van der Waals surface area contributed by atoms with Crippen LogP contribution in [0.25, 0.3) is 10.8 Å². The van der Waals surface area contributed by atoms with Crippen molar-refractivity contribution in [2.24, 2.45) is 11.8 Å². The molecule has 268 valence electrons. The van der Waals surface area contributed by atoms with E-state index in [-0.39, 0.29) is 31.5 Å². The predicted molar refractivity (Wildman–Crippen MR) is 205 cm³/mol. The number of fused-ring (bicyclic) bond motifs is 2. The van der Waals surface area contributed by atoms with E-state index in [0.29, 0.717) is 25.1 Å². The Bertz CT molecular complexity index is 1960. The Morgan fingerprint density at radius 1 is 0.692 bits per heavy atom. The van der Waals surface area contributed by atoms with Crippen molar-refractivity contribution in [2.45, 2.75) is 65.0 Å². The number of urea groups is 1. The van der Waals surface area contributed by atoms with Gasteiger partial charge in [-0.05, 0) is 88.7 Å². The van der Waals surface area contributed by atoms with Crippen molar-refractivity contribution in [3.63, 3.8) is 0 Å².